The van der Waals surface area contributed by atoms with Crippen molar-refractivity contribution in [2.24, 2.45) is 7.05 Å². The van der Waals surface area contributed by atoms with Crippen molar-refractivity contribution in [3.8, 4) is 0 Å². The van der Waals surface area contributed by atoms with Crippen LogP contribution in [-0.4, -0.2) is 44.1 Å². The SMILES string of the molecule is CC(O)n1cnc2nc(N)[nH]c(=O)c21.Cn1cnc2nc(N)[nH]c(=O)c21. The van der Waals surface area contributed by atoms with Crippen molar-refractivity contribution in [2.75, 3.05) is 11.5 Å². The zero-order valence-electron chi connectivity index (χ0n) is 13.8. The number of H-pyrrole nitrogens is 2. The lowest BCUT2D eigenvalue weighted by molar-refractivity contribution is 0.128. The lowest BCUT2D eigenvalue weighted by atomic mass is 10.5. The van der Waals surface area contributed by atoms with Crippen LogP contribution in [0.4, 0.5) is 11.9 Å². The highest BCUT2D eigenvalue weighted by Gasteiger charge is 2.11. The topological polar surface area (TPSA) is 199 Å². The van der Waals surface area contributed by atoms with Gasteiger partial charge in [-0.2, -0.15) is 9.97 Å². The Hall–Kier alpha value is -3.74. The molecular formula is C13H16N10O3. The lowest BCUT2D eigenvalue weighted by Crippen LogP contribution is -2.15. The van der Waals surface area contributed by atoms with Gasteiger partial charge in [0.2, 0.25) is 11.9 Å². The third kappa shape index (κ3) is 2.98. The van der Waals surface area contributed by atoms with Gasteiger partial charge >= 0.3 is 0 Å². The standard InChI is InChI=1S/C7H9N5O2.C6H7N5O/c1-3(13)12-2-9-5-4(12)6(14)11-7(8)10-5;1-11-2-8-4-3(11)5(12)10-6(7)9-4/h2-3,13H,1H3,(H3,8,10,11,14);2H,1H3,(H3,7,9,10,12). The quantitative estimate of drug-likeness (QED) is 0.266. The molecule has 13 heteroatoms. The molecule has 13 nitrogen and oxygen atoms in total. The number of nitrogen functional groups attached to an aromatic ring is 2. The van der Waals surface area contributed by atoms with Gasteiger partial charge in [0.1, 0.15) is 6.23 Å². The summed E-state index contributed by atoms with van der Waals surface area (Å²) in [4.78, 5) is 42.8. The molecule has 1 atom stereocenters. The minimum atomic E-state index is -0.827. The van der Waals surface area contributed by atoms with E-state index in [-0.39, 0.29) is 28.6 Å². The van der Waals surface area contributed by atoms with Crippen LogP contribution in [0.5, 0.6) is 0 Å². The van der Waals surface area contributed by atoms with E-state index in [2.05, 4.69) is 29.9 Å². The van der Waals surface area contributed by atoms with Crippen LogP contribution in [-0.2, 0) is 7.05 Å². The molecule has 136 valence electrons. The third-order valence-corrected chi connectivity index (χ3v) is 3.46. The first-order valence-corrected chi connectivity index (χ1v) is 7.35. The number of hydrogen-bond acceptors (Lipinski definition) is 9. The maximum absolute atomic E-state index is 11.4. The van der Waals surface area contributed by atoms with Crippen LogP contribution in [0.15, 0.2) is 22.2 Å². The van der Waals surface area contributed by atoms with Gasteiger partial charge in [-0.1, -0.05) is 0 Å². The van der Waals surface area contributed by atoms with E-state index in [1.165, 1.54) is 24.1 Å². The Balaban J connectivity index is 0.000000152. The Labute approximate surface area is 144 Å². The van der Waals surface area contributed by atoms with E-state index in [1.54, 1.807) is 11.6 Å². The van der Waals surface area contributed by atoms with Crippen molar-refractivity contribution in [1.82, 2.24) is 39.0 Å². The number of aliphatic hydroxyl groups is 1. The summed E-state index contributed by atoms with van der Waals surface area (Å²) in [6.07, 6.45) is 2.04. The van der Waals surface area contributed by atoms with Gasteiger partial charge < -0.3 is 21.1 Å². The Morgan fingerprint density at radius 2 is 1.50 bits per heavy atom. The summed E-state index contributed by atoms with van der Waals surface area (Å²) in [7, 11) is 1.72. The van der Waals surface area contributed by atoms with E-state index in [9.17, 15) is 14.7 Å². The first-order chi connectivity index (χ1) is 12.3. The van der Waals surface area contributed by atoms with Gasteiger partial charge in [0, 0.05) is 7.05 Å². The number of aliphatic hydroxyl groups excluding tert-OH is 1. The molecule has 0 bridgehead atoms. The molecule has 0 saturated heterocycles. The molecule has 0 fully saturated rings. The van der Waals surface area contributed by atoms with E-state index < -0.39 is 11.8 Å². The van der Waals surface area contributed by atoms with Gasteiger partial charge in [0.15, 0.2) is 22.3 Å². The number of aromatic nitrogens is 8. The van der Waals surface area contributed by atoms with Gasteiger partial charge in [-0.25, -0.2) is 9.97 Å². The van der Waals surface area contributed by atoms with Crippen LogP contribution < -0.4 is 22.6 Å². The number of imidazole rings is 2. The largest absolute Gasteiger partial charge is 0.374 e. The van der Waals surface area contributed by atoms with Gasteiger partial charge in [-0.15, -0.1) is 0 Å². The summed E-state index contributed by atoms with van der Waals surface area (Å²) in [5, 5.41) is 9.32. The molecule has 0 aliphatic carbocycles. The third-order valence-electron chi connectivity index (χ3n) is 3.46. The Bertz CT molecular complexity index is 1200. The number of hydrogen-bond donors (Lipinski definition) is 5. The van der Waals surface area contributed by atoms with Crippen molar-refractivity contribution < 1.29 is 5.11 Å². The Morgan fingerprint density at radius 3 is 2.08 bits per heavy atom. The summed E-state index contributed by atoms with van der Waals surface area (Å²) in [5.74, 6) is 0.101. The minimum Gasteiger partial charge on any atom is -0.374 e. The number of nitrogens with two attached hydrogens (primary N) is 2. The van der Waals surface area contributed by atoms with E-state index in [0.29, 0.717) is 11.2 Å². The Kier molecular flexibility index (Phi) is 4.13. The van der Waals surface area contributed by atoms with Crippen LogP contribution in [0.25, 0.3) is 22.3 Å². The summed E-state index contributed by atoms with van der Waals surface area (Å²) >= 11 is 0. The van der Waals surface area contributed by atoms with Crippen molar-refractivity contribution in [2.45, 2.75) is 13.2 Å². The fourth-order valence-electron chi connectivity index (χ4n) is 2.33. The van der Waals surface area contributed by atoms with E-state index >= 15 is 0 Å². The minimum absolute atomic E-state index is 0.0124. The first-order valence-electron chi connectivity index (χ1n) is 7.35. The molecule has 7 N–H and O–H groups in total. The molecule has 0 radical (unpaired) electrons. The number of nitrogens with zero attached hydrogens (tertiary/aromatic N) is 6. The van der Waals surface area contributed by atoms with Crippen LogP contribution in [0.3, 0.4) is 0 Å². The summed E-state index contributed by atoms with van der Waals surface area (Å²) in [6.45, 7) is 1.52. The molecule has 0 aromatic carbocycles. The van der Waals surface area contributed by atoms with E-state index in [0.717, 1.165) is 0 Å². The predicted molar refractivity (Wildman–Crippen MR) is 93.0 cm³/mol. The highest BCUT2D eigenvalue weighted by Crippen LogP contribution is 2.10. The zero-order chi connectivity index (χ0) is 19.0. The molecule has 4 aromatic heterocycles. The number of nitrogens with one attached hydrogen (secondary N) is 2. The molecule has 26 heavy (non-hydrogen) atoms. The van der Waals surface area contributed by atoms with Gasteiger partial charge in [0.05, 0.1) is 12.7 Å². The van der Waals surface area contributed by atoms with Gasteiger partial charge in [-0.3, -0.25) is 24.1 Å². The second-order valence-electron chi connectivity index (χ2n) is 5.39. The second kappa shape index (κ2) is 6.29. The maximum Gasteiger partial charge on any atom is 0.278 e. The van der Waals surface area contributed by atoms with Gasteiger partial charge in [-0.05, 0) is 6.92 Å². The van der Waals surface area contributed by atoms with Crippen LogP contribution in [0.2, 0.25) is 0 Å². The number of anilines is 2. The highest BCUT2D eigenvalue weighted by molar-refractivity contribution is 5.71. The van der Waals surface area contributed by atoms with Crippen molar-refractivity contribution in [3.05, 3.63) is 33.4 Å². The molecule has 4 rings (SSSR count). The average Bonchev–Trinajstić information content (AvgIpc) is 3.12. The normalized spacial score (nSPS) is 12.1. The fraction of sp³-hybridized carbons (Fsp3) is 0.231. The molecule has 0 spiro atoms. The molecule has 4 aromatic rings. The van der Waals surface area contributed by atoms with E-state index in [1.807, 2.05) is 0 Å². The maximum atomic E-state index is 11.4. The molecule has 0 saturated carbocycles. The first kappa shape index (κ1) is 17.1. The molecular weight excluding hydrogens is 344 g/mol. The molecule has 0 aliphatic rings. The average molecular weight is 360 g/mol. The van der Waals surface area contributed by atoms with Gasteiger partial charge in [0.25, 0.3) is 11.1 Å². The summed E-state index contributed by atoms with van der Waals surface area (Å²) in [6, 6.07) is 0. The van der Waals surface area contributed by atoms with Crippen LogP contribution in [0.1, 0.15) is 13.2 Å². The lowest BCUT2D eigenvalue weighted by Gasteiger charge is -2.05. The fourth-order valence-corrected chi connectivity index (χ4v) is 2.33. The smallest absolute Gasteiger partial charge is 0.278 e. The van der Waals surface area contributed by atoms with Crippen LogP contribution in [0, 0.1) is 0 Å². The molecule has 0 amide bonds. The number of rotatable bonds is 1. The van der Waals surface area contributed by atoms with Crippen molar-refractivity contribution in [1.29, 1.82) is 0 Å². The predicted octanol–water partition coefficient (Wildman–Crippen LogP) is -1.55. The van der Waals surface area contributed by atoms with Crippen LogP contribution >= 0.6 is 0 Å². The molecule has 4 heterocycles. The van der Waals surface area contributed by atoms with Crippen molar-refractivity contribution >= 4 is 34.2 Å². The Morgan fingerprint density at radius 1 is 1.00 bits per heavy atom. The summed E-state index contributed by atoms with van der Waals surface area (Å²) in [5.41, 5.74) is 11.2. The van der Waals surface area contributed by atoms with E-state index in [4.69, 9.17) is 11.5 Å². The summed E-state index contributed by atoms with van der Waals surface area (Å²) < 4.78 is 2.92. The molecule has 1 unspecified atom stereocenters. The molecule has 0 aliphatic heterocycles. The zero-order valence-corrected chi connectivity index (χ0v) is 13.8. The van der Waals surface area contributed by atoms with Crippen molar-refractivity contribution in [3.63, 3.8) is 0 Å². The monoisotopic (exact) mass is 360 g/mol. The number of aryl methyl sites for hydroxylation is 1. The number of fused-ring (bicyclic) bond motifs is 2. The second-order valence-corrected chi connectivity index (χ2v) is 5.39. The highest BCUT2D eigenvalue weighted by atomic mass is 16.3. The number of aromatic amines is 2.